The maximum atomic E-state index is 6.62. The fraction of sp³-hybridized carbons (Fsp3) is 0.421. The van der Waals surface area contributed by atoms with Gasteiger partial charge in [0, 0.05) is 64.5 Å². The van der Waals surface area contributed by atoms with E-state index >= 15 is 0 Å². The van der Waals surface area contributed by atoms with Crippen molar-refractivity contribution < 1.29 is 32.8 Å². The minimum atomic E-state index is 0.232. The molecule has 0 aliphatic carbocycles. The van der Waals surface area contributed by atoms with Crippen molar-refractivity contribution in [2.24, 2.45) is 10.8 Å². The van der Waals surface area contributed by atoms with E-state index in [0.29, 0.717) is 44.0 Å². The van der Waals surface area contributed by atoms with Crippen LogP contribution in [0.3, 0.4) is 0 Å². The third kappa shape index (κ3) is 10.1. The van der Waals surface area contributed by atoms with E-state index < -0.39 is 0 Å². The Morgan fingerprint density at radius 3 is 1.56 bits per heavy atom. The van der Waals surface area contributed by atoms with Crippen molar-refractivity contribution in [1.82, 2.24) is 19.5 Å². The van der Waals surface area contributed by atoms with Crippen LogP contribution in [-0.4, -0.2) is 85.6 Å². The van der Waals surface area contributed by atoms with Crippen molar-refractivity contribution in [2.45, 2.75) is 78.4 Å². The van der Waals surface area contributed by atoms with Crippen LogP contribution in [0.4, 0.5) is 0 Å². The number of fused-ring (bicyclic) bond motifs is 7. The normalized spacial score (nSPS) is 15.4. The number of aromatic nitrogens is 4. The van der Waals surface area contributed by atoms with Crippen molar-refractivity contribution in [2.75, 3.05) is 66.1 Å². The first-order chi connectivity index (χ1) is 33.5. The van der Waals surface area contributed by atoms with E-state index in [4.69, 9.17) is 47.8 Å². The van der Waals surface area contributed by atoms with E-state index in [1.807, 2.05) is 60.7 Å². The SMILES string of the molecule is CCC1(COCCCCCOCc2ccc3oc4ccc5c6cc(COCCCCCOCC7(CC)COC7)ccc6n(-c6nc(-c7ccccc7)nc(-c7ccccc7)n6)c5c4c3c2)COC1. The van der Waals surface area contributed by atoms with Crippen LogP contribution in [0.1, 0.15) is 76.3 Å². The van der Waals surface area contributed by atoms with Gasteiger partial charge in [-0.05, 0) is 98.9 Å². The summed E-state index contributed by atoms with van der Waals surface area (Å²) < 4.78 is 44.3. The number of rotatable bonds is 25. The number of furan rings is 1. The van der Waals surface area contributed by atoms with Crippen molar-refractivity contribution in [3.63, 3.8) is 0 Å². The molecule has 68 heavy (non-hydrogen) atoms. The third-order valence-electron chi connectivity index (χ3n) is 14.0. The maximum Gasteiger partial charge on any atom is 0.238 e. The molecule has 5 aromatic carbocycles. The average Bonchev–Trinajstić information content (AvgIpc) is 3.89. The van der Waals surface area contributed by atoms with Crippen molar-refractivity contribution in [1.29, 1.82) is 0 Å². The highest BCUT2D eigenvalue weighted by atomic mass is 16.5. The van der Waals surface area contributed by atoms with Gasteiger partial charge >= 0.3 is 0 Å². The molecule has 354 valence electrons. The van der Waals surface area contributed by atoms with E-state index in [1.165, 1.54) is 0 Å². The van der Waals surface area contributed by atoms with Crippen molar-refractivity contribution >= 4 is 43.7 Å². The minimum absolute atomic E-state index is 0.232. The summed E-state index contributed by atoms with van der Waals surface area (Å²) in [5.41, 5.74) is 8.06. The lowest BCUT2D eigenvalue weighted by atomic mass is 9.84. The Morgan fingerprint density at radius 1 is 0.515 bits per heavy atom. The van der Waals surface area contributed by atoms with Crippen molar-refractivity contribution in [3.8, 4) is 28.7 Å². The molecule has 2 aliphatic heterocycles. The molecule has 2 aliphatic rings. The molecule has 0 unspecified atom stereocenters. The van der Waals surface area contributed by atoms with Crippen LogP contribution in [0, 0.1) is 10.8 Å². The van der Waals surface area contributed by atoms with Gasteiger partial charge in [-0.3, -0.25) is 4.57 Å². The van der Waals surface area contributed by atoms with E-state index in [2.05, 4.69) is 66.9 Å². The molecule has 5 heterocycles. The highest BCUT2D eigenvalue weighted by Crippen LogP contribution is 2.42. The Kier molecular flexibility index (Phi) is 14.5. The smallest absolute Gasteiger partial charge is 0.238 e. The second kappa shape index (κ2) is 21.4. The summed E-state index contributed by atoms with van der Waals surface area (Å²) >= 11 is 0. The molecular weight excluding hydrogens is 853 g/mol. The Hall–Kier alpha value is -5.53. The van der Waals surface area contributed by atoms with Gasteiger partial charge < -0.3 is 32.8 Å². The van der Waals surface area contributed by atoms with E-state index in [1.54, 1.807) is 0 Å². The quantitative estimate of drug-likeness (QED) is 0.0514. The lowest BCUT2D eigenvalue weighted by molar-refractivity contribution is -0.150. The summed E-state index contributed by atoms with van der Waals surface area (Å²) in [4.78, 5) is 15.5. The van der Waals surface area contributed by atoms with Crippen molar-refractivity contribution in [3.05, 3.63) is 120 Å². The molecule has 0 radical (unpaired) electrons. The Labute approximate surface area is 399 Å². The molecule has 0 saturated carbocycles. The van der Waals surface area contributed by atoms with Gasteiger partial charge in [0.05, 0.1) is 69.3 Å². The standard InChI is InChI=1S/C57H64N4O7/c1-3-56(37-66-38-56)35-64-29-15-7-13-27-62-33-41-21-24-48-46(31-41)45-23-26-50-51(47-32-42(22-25-49(47)68-50)34-63-28-14-8-16-30-65-36-57(4-2)39-67-40-57)52(45)61(48)55-59-53(43-17-9-5-10-18-43)58-54(60-55)44-19-11-6-12-20-44/h5-6,9-12,17-26,31-32H,3-4,7-8,13-16,27-30,33-40H2,1-2H3. The number of benzene rings is 5. The molecule has 11 nitrogen and oxygen atoms in total. The summed E-state index contributed by atoms with van der Waals surface area (Å²) in [6, 6.07) is 37.5. The van der Waals surface area contributed by atoms with E-state index in [9.17, 15) is 0 Å². The van der Waals surface area contributed by atoms with Crippen LogP contribution in [0.15, 0.2) is 114 Å². The summed E-state index contributed by atoms with van der Waals surface area (Å²) in [6.45, 7) is 13.3. The molecule has 0 N–H and O–H groups in total. The number of ether oxygens (including phenoxy) is 6. The number of nitrogens with zero attached hydrogens (tertiary/aromatic N) is 4. The van der Waals surface area contributed by atoms with Crippen LogP contribution in [0.2, 0.25) is 0 Å². The van der Waals surface area contributed by atoms with Gasteiger partial charge in [-0.1, -0.05) is 86.6 Å². The molecule has 0 bridgehead atoms. The molecule has 10 rings (SSSR count). The van der Waals surface area contributed by atoms with Crippen LogP contribution >= 0.6 is 0 Å². The largest absolute Gasteiger partial charge is 0.456 e. The first-order valence-electron chi connectivity index (χ1n) is 24.8. The molecule has 0 amide bonds. The fourth-order valence-corrected chi connectivity index (χ4v) is 9.43. The monoisotopic (exact) mass is 916 g/mol. The molecule has 2 saturated heterocycles. The molecule has 0 spiro atoms. The summed E-state index contributed by atoms with van der Waals surface area (Å²) in [7, 11) is 0. The van der Waals surface area contributed by atoms with E-state index in [0.717, 1.165) is 170 Å². The van der Waals surface area contributed by atoms with Crippen LogP contribution in [0.25, 0.3) is 72.5 Å². The zero-order valence-electron chi connectivity index (χ0n) is 39.7. The maximum absolute atomic E-state index is 6.62. The average molecular weight is 917 g/mol. The van der Waals surface area contributed by atoms with Crippen LogP contribution in [-0.2, 0) is 41.6 Å². The number of hydrogen-bond donors (Lipinski definition) is 0. The van der Waals surface area contributed by atoms with Crippen LogP contribution in [0.5, 0.6) is 0 Å². The van der Waals surface area contributed by atoms with Crippen LogP contribution < -0.4 is 0 Å². The molecule has 11 heteroatoms. The molecule has 8 aromatic rings. The lowest BCUT2D eigenvalue weighted by Crippen LogP contribution is -2.45. The number of hydrogen-bond acceptors (Lipinski definition) is 10. The van der Waals surface area contributed by atoms with E-state index in [-0.39, 0.29) is 10.8 Å². The van der Waals surface area contributed by atoms with Gasteiger partial charge in [-0.25, -0.2) is 4.98 Å². The highest BCUT2D eigenvalue weighted by Gasteiger charge is 2.37. The van der Waals surface area contributed by atoms with Gasteiger partial charge in [-0.15, -0.1) is 0 Å². The summed E-state index contributed by atoms with van der Waals surface area (Å²) in [5, 5.41) is 4.19. The summed E-state index contributed by atoms with van der Waals surface area (Å²) in [5.74, 6) is 1.73. The predicted molar refractivity (Wildman–Crippen MR) is 268 cm³/mol. The molecule has 3 aromatic heterocycles. The second-order valence-corrected chi connectivity index (χ2v) is 19.0. The Bertz CT molecular complexity index is 2850. The van der Waals surface area contributed by atoms with Gasteiger partial charge in [0.1, 0.15) is 11.2 Å². The molecular formula is C57H64N4O7. The second-order valence-electron chi connectivity index (χ2n) is 19.0. The van der Waals surface area contributed by atoms with Gasteiger partial charge in [-0.2, -0.15) is 9.97 Å². The topological polar surface area (TPSA) is 112 Å². The first-order valence-corrected chi connectivity index (χ1v) is 24.8. The minimum Gasteiger partial charge on any atom is -0.456 e. The van der Waals surface area contributed by atoms with Gasteiger partial charge in [0.25, 0.3) is 0 Å². The predicted octanol–water partition coefficient (Wildman–Crippen LogP) is 12.5. The lowest BCUT2D eigenvalue weighted by Gasteiger charge is -2.40. The Balaban J connectivity index is 0.920. The number of unbranched alkanes of at least 4 members (excludes halogenated alkanes) is 4. The zero-order chi connectivity index (χ0) is 46.2. The first kappa shape index (κ1) is 46.2. The Morgan fingerprint density at radius 2 is 1.03 bits per heavy atom. The fourth-order valence-electron chi connectivity index (χ4n) is 9.43. The zero-order valence-corrected chi connectivity index (χ0v) is 39.7. The molecule has 2 fully saturated rings. The summed E-state index contributed by atoms with van der Waals surface area (Å²) in [6.07, 6.45) is 8.39. The highest BCUT2D eigenvalue weighted by molar-refractivity contribution is 6.24. The molecule has 0 atom stereocenters. The van der Waals surface area contributed by atoms with Gasteiger partial charge in [0.15, 0.2) is 11.6 Å². The third-order valence-corrected chi connectivity index (χ3v) is 14.0. The van der Waals surface area contributed by atoms with Gasteiger partial charge in [0.2, 0.25) is 5.95 Å².